The molecule has 0 bridgehead atoms. The first-order chi connectivity index (χ1) is 17.3. The zero-order valence-corrected chi connectivity index (χ0v) is 21.9. The number of rotatable bonds is 9. The van der Waals surface area contributed by atoms with Crippen molar-refractivity contribution in [2.24, 2.45) is 0 Å². The lowest BCUT2D eigenvalue weighted by atomic mass is 10.1. The predicted octanol–water partition coefficient (Wildman–Crippen LogP) is 4.24. The Morgan fingerprint density at radius 3 is 2.56 bits per heavy atom. The van der Waals surface area contributed by atoms with Crippen LogP contribution in [-0.4, -0.2) is 44.3 Å². The zero-order chi connectivity index (χ0) is 25.7. The van der Waals surface area contributed by atoms with Crippen molar-refractivity contribution in [1.29, 1.82) is 0 Å². The van der Waals surface area contributed by atoms with E-state index in [4.69, 9.17) is 21.1 Å². The summed E-state index contributed by atoms with van der Waals surface area (Å²) in [6.45, 7) is 0.877. The highest BCUT2D eigenvalue weighted by molar-refractivity contribution is 7.91. The van der Waals surface area contributed by atoms with Gasteiger partial charge in [-0.1, -0.05) is 41.9 Å². The van der Waals surface area contributed by atoms with Crippen LogP contribution in [0.15, 0.2) is 64.9 Å². The fraction of sp³-hybridized carbons (Fsp3) is 0.280. The molecule has 1 aliphatic rings. The molecule has 1 saturated heterocycles. The van der Waals surface area contributed by atoms with Crippen LogP contribution in [-0.2, 0) is 32.7 Å². The number of nitrogens with zero attached hydrogens (tertiary/aromatic N) is 1. The van der Waals surface area contributed by atoms with Crippen molar-refractivity contribution in [2.45, 2.75) is 36.2 Å². The molecule has 0 aliphatic carbocycles. The number of hydrogen-bond donors (Lipinski definition) is 1. The average Bonchev–Trinajstić information content (AvgIpc) is 3.57. The molecule has 8 nitrogen and oxygen atoms in total. The lowest BCUT2D eigenvalue weighted by molar-refractivity contribution is -0.124. The lowest BCUT2D eigenvalue weighted by Crippen LogP contribution is -2.45. The normalized spacial score (nSPS) is 16.0. The standard InChI is InChI=1S/C25H25ClN2O6S2/c1-33-25(30)19-4-2-5-20(14-19)34-16-18-9-7-17(8-10-18)15-27-24(29)21-6-3-13-28(21)36(31,32)23-12-11-22(26)35-23/h2,4-5,7-12,14,21H,3,6,13,15-16H2,1H3,(H,27,29)/t21-/m0/s1. The molecular formula is C25H25ClN2O6S2. The van der Waals surface area contributed by atoms with Gasteiger partial charge in [0.1, 0.15) is 22.6 Å². The summed E-state index contributed by atoms with van der Waals surface area (Å²) in [5.74, 6) is -0.201. The SMILES string of the molecule is COC(=O)c1cccc(OCc2ccc(CNC(=O)[C@@H]3CCCN3S(=O)(=O)c3ccc(Cl)s3)cc2)c1. The molecule has 2 heterocycles. The molecule has 1 aliphatic heterocycles. The van der Waals surface area contributed by atoms with Crippen LogP contribution in [0, 0.1) is 0 Å². The quantitative estimate of drug-likeness (QED) is 0.401. The number of halogens is 1. The Balaban J connectivity index is 1.31. The van der Waals surface area contributed by atoms with Crippen molar-refractivity contribution in [2.75, 3.05) is 13.7 Å². The molecule has 0 spiro atoms. The minimum atomic E-state index is -3.77. The van der Waals surface area contributed by atoms with Gasteiger partial charge in [0, 0.05) is 13.1 Å². The van der Waals surface area contributed by atoms with E-state index in [-0.39, 0.29) is 16.7 Å². The highest BCUT2D eigenvalue weighted by Gasteiger charge is 2.40. The summed E-state index contributed by atoms with van der Waals surface area (Å²) >= 11 is 6.89. The third-order valence-electron chi connectivity index (χ3n) is 5.77. The fourth-order valence-electron chi connectivity index (χ4n) is 3.90. The van der Waals surface area contributed by atoms with Gasteiger partial charge in [0.15, 0.2) is 0 Å². The van der Waals surface area contributed by atoms with Gasteiger partial charge in [-0.2, -0.15) is 4.31 Å². The predicted molar refractivity (Wildman–Crippen MR) is 137 cm³/mol. The molecule has 11 heteroatoms. The van der Waals surface area contributed by atoms with Gasteiger partial charge in [-0.25, -0.2) is 13.2 Å². The van der Waals surface area contributed by atoms with Gasteiger partial charge in [-0.05, 0) is 54.3 Å². The van der Waals surface area contributed by atoms with Gasteiger partial charge in [-0.15, -0.1) is 11.3 Å². The molecule has 0 radical (unpaired) electrons. The monoisotopic (exact) mass is 548 g/mol. The summed E-state index contributed by atoms with van der Waals surface area (Å²) in [5, 5.41) is 2.86. The summed E-state index contributed by atoms with van der Waals surface area (Å²) in [5.41, 5.74) is 2.20. The number of methoxy groups -OCH3 is 1. The second kappa shape index (κ2) is 11.4. The van der Waals surface area contributed by atoms with E-state index < -0.39 is 22.0 Å². The molecule has 1 amide bonds. The number of carbonyl (C=O) groups excluding carboxylic acids is 2. The minimum absolute atomic E-state index is 0.141. The van der Waals surface area contributed by atoms with E-state index in [0.29, 0.717) is 41.6 Å². The van der Waals surface area contributed by atoms with Gasteiger partial charge in [0.2, 0.25) is 5.91 Å². The second-order valence-corrected chi connectivity index (χ2v) is 12.0. The first-order valence-corrected chi connectivity index (χ1v) is 13.9. The van der Waals surface area contributed by atoms with Crippen LogP contribution in [0.1, 0.15) is 34.3 Å². The Labute approximate surface area is 218 Å². The van der Waals surface area contributed by atoms with Gasteiger partial charge in [0.05, 0.1) is 17.0 Å². The minimum Gasteiger partial charge on any atom is -0.489 e. The number of nitrogens with one attached hydrogen (secondary N) is 1. The number of ether oxygens (including phenoxy) is 2. The maximum atomic E-state index is 13.0. The zero-order valence-electron chi connectivity index (χ0n) is 19.5. The highest BCUT2D eigenvalue weighted by Crippen LogP contribution is 2.32. The molecule has 0 saturated carbocycles. The number of benzene rings is 2. The van der Waals surface area contributed by atoms with Gasteiger partial charge < -0.3 is 14.8 Å². The number of carbonyl (C=O) groups is 2. The van der Waals surface area contributed by atoms with Crippen LogP contribution >= 0.6 is 22.9 Å². The van der Waals surface area contributed by atoms with E-state index >= 15 is 0 Å². The van der Waals surface area contributed by atoms with Gasteiger partial charge in [0.25, 0.3) is 10.0 Å². The molecule has 1 N–H and O–H groups in total. The van der Waals surface area contributed by atoms with Crippen molar-refractivity contribution in [1.82, 2.24) is 9.62 Å². The first kappa shape index (κ1) is 26.2. The van der Waals surface area contributed by atoms with Gasteiger partial charge >= 0.3 is 5.97 Å². The summed E-state index contributed by atoms with van der Waals surface area (Å²) in [4.78, 5) is 24.5. The molecule has 3 aromatic rings. The molecule has 1 fully saturated rings. The number of hydrogen-bond acceptors (Lipinski definition) is 7. The smallest absolute Gasteiger partial charge is 0.337 e. The van der Waals surface area contributed by atoms with Crippen LogP contribution < -0.4 is 10.1 Å². The Bertz CT molecular complexity index is 1340. The van der Waals surface area contributed by atoms with Crippen molar-refractivity contribution < 1.29 is 27.5 Å². The lowest BCUT2D eigenvalue weighted by Gasteiger charge is -2.22. The van der Waals surface area contributed by atoms with Crippen LogP contribution in [0.4, 0.5) is 0 Å². The molecule has 1 aromatic heterocycles. The summed E-state index contributed by atoms with van der Waals surface area (Å²) in [6.07, 6.45) is 1.09. The topological polar surface area (TPSA) is 102 Å². The Morgan fingerprint density at radius 2 is 1.86 bits per heavy atom. The summed E-state index contributed by atoms with van der Waals surface area (Å²) < 4.78 is 38.2. The second-order valence-electron chi connectivity index (χ2n) is 8.17. The molecule has 0 unspecified atom stereocenters. The Hall–Kier alpha value is -2.92. The summed E-state index contributed by atoms with van der Waals surface area (Å²) in [6, 6.07) is 16.5. The van der Waals surface area contributed by atoms with E-state index in [2.05, 4.69) is 5.32 Å². The number of amides is 1. The highest BCUT2D eigenvalue weighted by atomic mass is 35.5. The van der Waals surface area contributed by atoms with Crippen LogP contribution in [0.5, 0.6) is 5.75 Å². The fourth-order valence-corrected chi connectivity index (χ4v) is 7.17. The molecule has 4 rings (SSSR count). The summed E-state index contributed by atoms with van der Waals surface area (Å²) in [7, 11) is -2.45. The van der Waals surface area contributed by atoms with Crippen molar-refractivity contribution >= 4 is 44.8 Å². The first-order valence-electron chi connectivity index (χ1n) is 11.2. The Morgan fingerprint density at radius 1 is 1.11 bits per heavy atom. The van der Waals surface area contributed by atoms with E-state index in [9.17, 15) is 18.0 Å². The van der Waals surface area contributed by atoms with Crippen LogP contribution in [0.2, 0.25) is 4.34 Å². The van der Waals surface area contributed by atoms with E-state index in [1.54, 1.807) is 30.3 Å². The van der Waals surface area contributed by atoms with Crippen LogP contribution in [0.25, 0.3) is 0 Å². The van der Waals surface area contributed by atoms with Crippen molar-refractivity contribution in [3.8, 4) is 5.75 Å². The largest absolute Gasteiger partial charge is 0.489 e. The number of sulfonamides is 1. The Kier molecular flexibility index (Phi) is 8.30. The molecule has 36 heavy (non-hydrogen) atoms. The third-order valence-corrected chi connectivity index (χ3v) is 9.37. The number of thiophene rings is 1. The maximum absolute atomic E-state index is 13.0. The van der Waals surface area contributed by atoms with E-state index in [0.717, 1.165) is 22.5 Å². The third kappa shape index (κ3) is 6.07. The molecule has 1 atom stereocenters. The molecule has 2 aromatic carbocycles. The van der Waals surface area contributed by atoms with Gasteiger partial charge in [-0.3, -0.25) is 4.79 Å². The van der Waals surface area contributed by atoms with E-state index in [1.165, 1.54) is 17.5 Å². The average molecular weight is 549 g/mol. The molecular weight excluding hydrogens is 524 g/mol. The molecule has 190 valence electrons. The maximum Gasteiger partial charge on any atom is 0.337 e. The number of esters is 1. The van der Waals surface area contributed by atoms with Crippen molar-refractivity contribution in [3.05, 3.63) is 81.7 Å². The van der Waals surface area contributed by atoms with Crippen LogP contribution in [0.3, 0.4) is 0 Å². The van der Waals surface area contributed by atoms with Crippen molar-refractivity contribution in [3.63, 3.8) is 0 Å². The van der Waals surface area contributed by atoms with E-state index in [1.807, 2.05) is 24.3 Å².